The molecule has 0 spiro atoms. The van der Waals surface area contributed by atoms with E-state index in [9.17, 15) is 19.1 Å². The van der Waals surface area contributed by atoms with Gasteiger partial charge >= 0.3 is 6.03 Å². The molecule has 9 heteroatoms. The fourth-order valence-electron chi connectivity index (χ4n) is 4.79. The highest BCUT2D eigenvalue weighted by molar-refractivity contribution is 7.09. The quantitative estimate of drug-likeness (QED) is 0.278. The summed E-state index contributed by atoms with van der Waals surface area (Å²) in [4.78, 5) is 29.9. The smallest absolute Gasteiger partial charge is 0.322 e. The fourth-order valence-corrected chi connectivity index (χ4v) is 5.42. The van der Waals surface area contributed by atoms with Crippen LogP contribution in [-0.2, 0) is 16.9 Å². The molecule has 1 atom stereocenters. The number of nitrogens with zero attached hydrogens (tertiary/aromatic N) is 2. The Balaban J connectivity index is 1.37. The zero-order chi connectivity index (χ0) is 25.7. The van der Waals surface area contributed by atoms with Crippen LogP contribution >= 0.6 is 11.3 Å². The molecule has 1 aliphatic heterocycles. The van der Waals surface area contributed by atoms with Crippen molar-refractivity contribution in [1.29, 1.82) is 0 Å². The van der Waals surface area contributed by atoms with Crippen molar-refractivity contribution in [3.05, 3.63) is 94.7 Å². The van der Waals surface area contributed by atoms with Crippen LogP contribution in [-0.4, -0.2) is 26.6 Å². The summed E-state index contributed by atoms with van der Waals surface area (Å²) in [5.74, 6) is -1.20. The third-order valence-corrected chi connectivity index (χ3v) is 7.43. The Morgan fingerprint density at radius 2 is 1.81 bits per heavy atom. The summed E-state index contributed by atoms with van der Waals surface area (Å²) in [5.41, 5.74) is 2.94. The molecule has 1 saturated heterocycles. The Morgan fingerprint density at radius 3 is 2.51 bits per heavy atom. The van der Waals surface area contributed by atoms with E-state index in [1.165, 1.54) is 16.7 Å². The normalized spacial score (nSPS) is 17.2. The first-order valence-electron chi connectivity index (χ1n) is 11.6. The van der Waals surface area contributed by atoms with Crippen molar-refractivity contribution in [2.45, 2.75) is 19.0 Å². The summed E-state index contributed by atoms with van der Waals surface area (Å²) in [6, 6.07) is 18.9. The largest absolute Gasteiger partial charge is 0.494 e. The molecule has 7 nitrogen and oxygen atoms in total. The highest BCUT2D eigenvalue weighted by Crippen LogP contribution is 2.35. The van der Waals surface area contributed by atoms with Gasteiger partial charge in [0.05, 0.1) is 17.2 Å². The lowest BCUT2D eigenvalue weighted by molar-refractivity contribution is -0.124. The summed E-state index contributed by atoms with van der Waals surface area (Å²) in [6.45, 7) is 1.89. The number of amides is 3. The van der Waals surface area contributed by atoms with Gasteiger partial charge in [0.1, 0.15) is 5.82 Å². The molecule has 0 radical (unpaired) electrons. The molecule has 3 amide bonds. The Bertz CT molecular complexity index is 1690. The van der Waals surface area contributed by atoms with E-state index in [1.54, 1.807) is 35.7 Å². The van der Waals surface area contributed by atoms with Gasteiger partial charge in [-0.2, -0.15) is 0 Å². The maximum Gasteiger partial charge on any atom is 0.322 e. The van der Waals surface area contributed by atoms with Crippen molar-refractivity contribution < 1.29 is 19.1 Å². The predicted molar refractivity (Wildman–Crippen MR) is 140 cm³/mol. The minimum atomic E-state index is -1.46. The fraction of sp³-hybridized carbons (Fsp3) is 0.107. The zero-order valence-electron chi connectivity index (χ0n) is 19.7. The molecule has 3 heterocycles. The number of thiazole rings is 1. The SMILES string of the molecule is Cc1nc(-c2cccc(-c3ccc([C@]4(Cn5cc6ccc(F)cc6c5O)NC(=O)NC4=O)cc3)c2)cs1. The Hall–Kier alpha value is -4.50. The van der Waals surface area contributed by atoms with Crippen LogP contribution in [0.2, 0.25) is 0 Å². The minimum Gasteiger partial charge on any atom is -0.494 e. The highest BCUT2D eigenvalue weighted by Gasteiger charge is 2.48. The number of carbonyl (C=O) groups excluding carboxylic acids is 2. The average molecular weight is 513 g/mol. The number of hydrogen-bond donors (Lipinski definition) is 3. The van der Waals surface area contributed by atoms with Gasteiger partial charge < -0.3 is 15.0 Å². The zero-order valence-corrected chi connectivity index (χ0v) is 20.5. The van der Waals surface area contributed by atoms with Gasteiger partial charge in [-0.05, 0) is 47.9 Å². The number of imide groups is 1. The van der Waals surface area contributed by atoms with Crippen molar-refractivity contribution in [1.82, 2.24) is 20.2 Å². The molecule has 1 fully saturated rings. The first-order chi connectivity index (χ1) is 17.8. The second-order valence-electron chi connectivity index (χ2n) is 9.04. The lowest BCUT2D eigenvalue weighted by Gasteiger charge is -2.27. The number of aryl methyl sites for hydroxylation is 1. The van der Waals surface area contributed by atoms with Crippen molar-refractivity contribution >= 4 is 34.0 Å². The number of aromatic hydroxyl groups is 1. The van der Waals surface area contributed by atoms with Crippen LogP contribution in [0.1, 0.15) is 10.6 Å². The van der Waals surface area contributed by atoms with Crippen LogP contribution < -0.4 is 10.6 Å². The first kappa shape index (κ1) is 22.9. The van der Waals surface area contributed by atoms with Gasteiger partial charge in [-0.1, -0.05) is 42.5 Å². The summed E-state index contributed by atoms with van der Waals surface area (Å²) in [5, 5.41) is 19.8. The van der Waals surface area contributed by atoms with E-state index in [1.807, 2.05) is 42.6 Å². The Kier molecular flexibility index (Phi) is 5.31. The number of fused-ring (bicyclic) bond motifs is 1. The third-order valence-electron chi connectivity index (χ3n) is 6.66. The number of benzene rings is 3. The van der Waals surface area contributed by atoms with E-state index in [2.05, 4.69) is 21.7 Å². The Labute approximate surface area is 215 Å². The number of aromatic nitrogens is 2. The van der Waals surface area contributed by atoms with Crippen LogP contribution in [0.15, 0.2) is 78.3 Å². The number of rotatable bonds is 5. The second-order valence-corrected chi connectivity index (χ2v) is 10.1. The van der Waals surface area contributed by atoms with E-state index in [0.717, 1.165) is 27.4 Å². The van der Waals surface area contributed by atoms with Gasteiger partial charge in [-0.25, -0.2) is 14.2 Å². The van der Waals surface area contributed by atoms with Gasteiger partial charge in [0.2, 0.25) is 0 Å². The van der Waals surface area contributed by atoms with Crippen molar-refractivity contribution in [2.24, 2.45) is 0 Å². The first-order valence-corrected chi connectivity index (χ1v) is 12.4. The van der Waals surface area contributed by atoms with Gasteiger partial charge in [-0.15, -0.1) is 11.3 Å². The summed E-state index contributed by atoms with van der Waals surface area (Å²) >= 11 is 1.60. The van der Waals surface area contributed by atoms with E-state index in [-0.39, 0.29) is 12.4 Å². The molecule has 5 aromatic rings. The lowest BCUT2D eigenvalue weighted by Crippen LogP contribution is -2.47. The summed E-state index contributed by atoms with van der Waals surface area (Å²) in [7, 11) is 0. The number of halogens is 1. The van der Waals surface area contributed by atoms with Crippen molar-refractivity contribution in [3.63, 3.8) is 0 Å². The molecule has 0 aliphatic carbocycles. The van der Waals surface area contributed by atoms with Crippen molar-refractivity contribution in [3.8, 4) is 28.3 Å². The highest BCUT2D eigenvalue weighted by atomic mass is 32.1. The molecule has 184 valence electrons. The molecule has 37 heavy (non-hydrogen) atoms. The standard InChI is InChI=1S/C28H21FN4O3S/c1-16-30-24(14-37-16)19-4-2-3-18(11-19)17-5-8-21(9-6-17)28(26(35)31-27(36)32-28)15-33-13-20-7-10-22(29)12-23(20)25(33)34/h2-14,34H,15H2,1H3,(H2,31,32,35,36)/t28-/m0/s1. The molecular weight excluding hydrogens is 491 g/mol. The van der Waals surface area contributed by atoms with Gasteiger partial charge in [0.15, 0.2) is 11.4 Å². The lowest BCUT2D eigenvalue weighted by atomic mass is 9.88. The monoisotopic (exact) mass is 512 g/mol. The van der Waals surface area contributed by atoms with Gasteiger partial charge in [-0.3, -0.25) is 10.1 Å². The van der Waals surface area contributed by atoms with E-state index in [4.69, 9.17) is 0 Å². The number of hydrogen-bond acceptors (Lipinski definition) is 5. The van der Waals surface area contributed by atoms with Crippen LogP contribution in [0.3, 0.4) is 0 Å². The van der Waals surface area contributed by atoms with Crippen LogP contribution in [0.4, 0.5) is 9.18 Å². The number of carbonyl (C=O) groups is 2. The maximum atomic E-state index is 13.7. The Morgan fingerprint density at radius 1 is 1.03 bits per heavy atom. The van der Waals surface area contributed by atoms with Gasteiger partial charge in [0.25, 0.3) is 5.91 Å². The molecule has 1 aliphatic rings. The molecule has 0 unspecified atom stereocenters. The molecule has 3 aromatic carbocycles. The molecule has 6 rings (SSSR count). The molecule has 0 bridgehead atoms. The summed E-state index contributed by atoms with van der Waals surface area (Å²) in [6.07, 6.45) is 1.63. The molecule has 3 N–H and O–H groups in total. The van der Waals surface area contributed by atoms with E-state index in [0.29, 0.717) is 16.3 Å². The van der Waals surface area contributed by atoms with Crippen molar-refractivity contribution in [2.75, 3.05) is 0 Å². The maximum absolute atomic E-state index is 13.7. The average Bonchev–Trinajstić information content (AvgIpc) is 3.55. The van der Waals surface area contributed by atoms with E-state index < -0.39 is 23.3 Å². The predicted octanol–water partition coefficient (Wildman–Crippen LogP) is 5.32. The third kappa shape index (κ3) is 3.93. The van der Waals surface area contributed by atoms with Crippen LogP contribution in [0.25, 0.3) is 33.2 Å². The molecule has 2 aromatic heterocycles. The number of urea groups is 1. The minimum absolute atomic E-state index is 0.0787. The second kappa shape index (κ2) is 8.56. The van der Waals surface area contributed by atoms with Crippen LogP contribution in [0.5, 0.6) is 5.88 Å². The topological polar surface area (TPSA) is 96.2 Å². The van der Waals surface area contributed by atoms with Crippen LogP contribution in [0, 0.1) is 12.7 Å². The molecular formula is C28H21FN4O3S. The van der Waals surface area contributed by atoms with Gasteiger partial charge in [0, 0.05) is 27.9 Å². The summed E-state index contributed by atoms with van der Waals surface area (Å²) < 4.78 is 15.2. The van der Waals surface area contributed by atoms with E-state index >= 15 is 0 Å². The number of nitrogens with one attached hydrogen (secondary N) is 2. The molecule has 0 saturated carbocycles.